The Labute approximate surface area is 163 Å². The van der Waals surface area contributed by atoms with Crippen LogP contribution in [0.25, 0.3) is 0 Å². The zero-order valence-electron chi connectivity index (χ0n) is 15.4. The molecule has 11 heteroatoms. The van der Waals surface area contributed by atoms with Gasteiger partial charge in [-0.15, -0.1) is 0 Å². The fourth-order valence-corrected chi connectivity index (χ4v) is 4.15. The molecule has 1 aromatic heterocycles. The molecule has 0 aliphatic carbocycles. The molecule has 4 N–H and O–H groups in total. The maximum Gasteiger partial charge on any atom is 0.244 e. The number of nitrogens with two attached hydrogens (primary N) is 1. The van der Waals surface area contributed by atoms with Crippen LogP contribution in [-0.2, 0) is 14.8 Å². The lowest BCUT2D eigenvalue weighted by molar-refractivity contribution is -0.126. The number of carbonyl (C=O) groups is 1. The Bertz CT molecular complexity index is 777. The van der Waals surface area contributed by atoms with Crippen LogP contribution in [0.3, 0.4) is 0 Å². The molecule has 1 fully saturated rings. The maximum absolute atomic E-state index is 12.7. The highest BCUT2D eigenvalue weighted by Crippen LogP contribution is 2.24. The van der Waals surface area contributed by atoms with Gasteiger partial charge in [0.25, 0.3) is 0 Å². The van der Waals surface area contributed by atoms with Gasteiger partial charge in [-0.25, -0.2) is 17.8 Å². The van der Waals surface area contributed by atoms with Gasteiger partial charge >= 0.3 is 0 Å². The quantitative estimate of drug-likeness (QED) is 0.507. The van der Waals surface area contributed by atoms with Crippen molar-refractivity contribution in [2.75, 3.05) is 39.4 Å². The Morgan fingerprint density at radius 2 is 2.14 bits per heavy atom. The number of amides is 1. The molecule has 0 aromatic carbocycles. The van der Waals surface area contributed by atoms with Crippen LogP contribution in [0.1, 0.15) is 12.8 Å². The van der Waals surface area contributed by atoms with Gasteiger partial charge in [-0.1, -0.05) is 0 Å². The Hall–Kier alpha value is -2.08. The molecule has 0 spiro atoms. The summed E-state index contributed by atoms with van der Waals surface area (Å²) < 4.78 is 44.5. The predicted molar refractivity (Wildman–Crippen MR) is 99.6 cm³/mol. The van der Waals surface area contributed by atoms with Gasteiger partial charge in [0.1, 0.15) is 11.5 Å². The van der Waals surface area contributed by atoms with Crippen LogP contribution < -0.4 is 15.8 Å². The molecule has 1 aliphatic heterocycles. The van der Waals surface area contributed by atoms with Crippen LogP contribution in [-0.4, -0.2) is 68.1 Å². The monoisotopic (exact) mass is 416 g/mol. The van der Waals surface area contributed by atoms with E-state index >= 15 is 0 Å². The summed E-state index contributed by atoms with van der Waals surface area (Å²) in [6, 6.07) is 2.77. The first-order valence-corrected chi connectivity index (χ1v) is 10.3. The first-order valence-electron chi connectivity index (χ1n) is 8.88. The number of hydrogen-bond donors (Lipinski definition) is 3. The van der Waals surface area contributed by atoms with Gasteiger partial charge in [0, 0.05) is 43.7 Å². The molecule has 0 bridgehead atoms. The van der Waals surface area contributed by atoms with E-state index in [1.807, 2.05) is 0 Å². The van der Waals surface area contributed by atoms with Gasteiger partial charge in [0.2, 0.25) is 21.8 Å². The number of aromatic nitrogens is 1. The summed E-state index contributed by atoms with van der Waals surface area (Å²) in [7, 11) is -3.73. The van der Waals surface area contributed by atoms with Gasteiger partial charge in [0.05, 0.1) is 19.1 Å². The number of nitrogens with one attached hydrogen (secondary N) is 1. The normalized spacial score (nSPS) is 16.8. The number of nitrogens with zero attached hydrogens (tertiary/aromatic N) is 2. The lowest BCUT2D eigenvalue weighted by atomic mass is 9.97. The van der Waals surface area contributed by atoms with E-state index in [-0.39, 0.29) is 67.6 Å². The lowest BCUT2D eigenvalue weighted by Gasteiger charge is -2.30. The lowest BCUT2D eigenvalue weighted by Crippen LogP contribution is -2.43. The van der Waals surface area contributed by atoms with E-state index in [9.17, 15) is 17.6 Å². The van der Waals surface area contributed by atoms with Crippen molar-refractivity contribution in [2.45, 2.75) is 17.7 Å². The fourth-order valence-electron chi connectivity index (χ4n) is 2.74. The average molecular weight is 416 g/mol. The predicted octanol–water partition coefficient (Wildman–Crippen LogP) is -0.218. The van der Waals surface area contributed by atoms with E-state index in [0.717, 1.165) is 0 Å². The van der Waals surface area contributed by atoms with Gasteiger partial charge in [-0.3, -0.25) is 4.79 Å². The van der Waals surface area contributed by atoms with Gasteiger partial charge in [-0.2, -0.15) is 4.31 Å². The molecule has 2 rings (SSSR count). The van der Waals surface area contributed by atoms with Crippen molar-refractivity contribution >= 4 is 15.9 Å². The van der Waals surface area contributed by atoms with Crippen molar-refractivity contribution < 1.29 is 27.4 Å². The van der Waals surface area contributed by atoms with Crippen LogP contribution >= 0.6 is 0 Å². The second kappa shape index (κ2) is 10.5. The number of aliphatic hydroxyl groups is 1. The highest BCUT2D eigenvalue weighted by Gasteiger charge is 2.32. The van der Waals surface area contributed by atoms with E-state index in [1.165, 1.54) is 22.6 Å². The number of aliphatic hydroxyl groups excluding tert-OH is 1. The summed E-state index contributed by atoms with van der Waals surface area (Å²) in [5.74, 6) is -0.286. The highest BCUT2D eigenvalue weighted by atomic mass is 32.2. The summed E-state index contributed by atoms with van der Waals surface area (Å²) in [4.78, 5) is 15.9. The SMILES string of the molecule is NC/C(=C\F)COc1ccc(S(=O)(=O)N2CCC(C(=O)NCCO)CC2)cn1. The number of hydrogen-bond acceptors (Lipinski definition) is 7. The second-order valence-electron chi connectivity index (χ2n) is 6.29. The zero-order valence-corrected chi connectivity index (χ0v) is 16.2. The van der Waals surface area contributed by atoms with Gasteiger partial charge < -0.3 is 20.9 Å². The molecule has 1 amide bonds. The number of ether oxygens (including phenoxy) is 1. The first kappa shape index (κ1) is 22.2. The molecular formula is C17H25FN4O5S. The Balaban J connectivity index is 1.95. The van der Waals surface area contributed by atoms with Crippen LogP contribution in [0.4, 0.5) is 4.39 Å². The van der Waals surface area contributed by atoms with Crippen molar-refractivity contribution in [1.29, 1.82) is 0 Å². The molecule has 0 radical (unpaired) electrons. The van der Waals surface area contributed by atoms with E-state index in [2.05, 4.69) is 10.3 Å². The standard InChI is InChI=1S/C17H25FN4O5S/c18-9-13(10-19)12-27-16-2-1-15(11-21-16)28(25,26)22-6-3-14(4-7-22)17(24)20-5-8-23/h1-2,9,11,14,23H,3-8,10,12,19H2,(H,20,24)/b13-9+. The Morgan fingerprint density at radius 3 is 2.68 bits per heavy atom. The molecule has 2 heterocycles. The number of carbonyl (C=O) groups excluding carboxylic acids is 1. The number of piperidine rings is 1. The Morgan fingerprint density at radius 1 is 1.43 bits per heavy atom. The smallest absolute Gasteiger partial charge is 0.244 e. The first-order chi connectivity index (χ1) is 13.4. The third-order valence-corrected chi connectivity index (χ3v) is 6.29. The third kappa shape index (κ3) is 5.71. The summed E-state index contributed by atoms with van der Waals surface area (Å²) in [6.45, 7) is 0.432. The largest absolute Gasteiger partial charge is 0.473 e. The zero-order chi connectivity index (χ0) is 20.6. The molecule has 1 aliphatic rings. The van der Waals surface area contributed by atoms with Crippen LogP contribution in [0.5, 0.6) is 5.88 Å². The molecule has 0 atom stereocenters. The molecule has 0 unspecified atom stereocenters. The van der Waals surface area contributed by atoms with Gasteiger partial charge in [0.15, 0.2) is 0 Å². The molecular weight excluding hydrogens is 391 g/mol. The van der Waals surface area contributed by atoms with Crippen molar-refractivity contribution in [2.24, 2.45) is 11.7 Å². The van der Waals surface area contributed by atoms with Crippen LogP contribution in [0.15, 0.2) is 35.1 Å². The Kier molecular flexibility index (Phi) is 8.30. The van der Waals surface area contributed by atoms with Gasteiger partial charge in [-0.05, 0) is 18.9 Å². The third-order valence-electron chi connectivity index (χ3n) is 4.40. The van der Waals surface area contributed by atoms with Crippen molar-refractivity contribution in [3.05, 3.63) is 30.2 Å². The summed E-state index contributed by atoms with van der Waals surface area (Å²) in [6.07, 6.45) is 2.36. The van der Waals surface area contributed by atoms with E-state index in [1.54, 1.807) is 0 Å². The molecule has 0 saturated carbocycles. The molecule has 9 nitrogen and oxygen atoms in total. The van der Waals surface area contributed by atoms with E-state index in [4.69, 9.17) is 15.6 Å². The van der Waals surface area contributed by atoms with Crippen molar-refractivity contribution in [1.82, 2.24) is 14.6 Å². The van der Waals surface area contributed by atoms with E-state index < -0.39 is 10.0 Å². The second-order valence-corrected chi connectivity index (χ2v) is 8.22. The fraction of sp³-hybridized carbons (Fsp3) is 0.529. The topological polar surface area (TPSA) is 135 Å². The highest BCUT2D eigenvalue weighted by molar-refractivity contribution is 7.89. The maximum atomic E-state index is 12.7. The minimum Gasteiger partial charge on any atom is -0.473 e. The number of sulfonamides is 1. The van der Waals surface area contributed by atoms with Crippen LogP contribution in [0, 0.1) is 5.92 Å². The van der Waals surface area contributed by atoms with Crippen LogP contribution in [0.2, 0.25) is 0 Å². The summed E-state index contributed by atoms with van der Waals surface area (Å²) in [5.41, 5.74) is 5.59. The van der Waals surface area contributed by atoms with Crippen molar-refractivity contribution in [3.63, 3.8) is 0 Å². The minimum atomic E-state index is -3.73. The van der Waals surface area contributed by atoms with Crippen molar-refractivity contribution in [3.8, 4) is 5.88 Å². The molecule has 28 heavy (non-hydrogen) atoms. The molecule has 1 aromatic rings. The average Bonchev–Trinajstić information content (AvgIpc) is 2.73. The number of halogens is 1. The molecule has 156 valence electrons. The summed E-state index contributed by atoms with van der Waals surface area (Å²) >= 11 is 0. The number of pyridine rings is 1. The van der Waals surface area contributed by atoms with E-state index in [0.29, 0.717) is 19.2 Å². The number of rotatable bonds is 9. The molecule has 1 saturated heterocycles. The summed E-state index contributed by atoms with van der Waals surface area (Å²) in [5, 5.41) is 11.4. The minimum absolute atomic E-state index is 0.0109.